The Hall–Kier alpha value is -1.93. The van der Waals surface area contributed by atoms with Crippen molar-refractivity contribution < 1.29 is 18.0 Å². The number of benzene rings is 1. The summed E-state index contributed by atoms with van der Waals surface area (Å²) in [6.07, 6.45) is 8.02. The van der Waals surface area contributed by atoms with Crippen molar-refractivity contribution in [3.63, 3.8) is 0 Å². The van der Waals surface area contributed by atoms with Crippen molar-refractivity contribution in [3.8, 4) is 0 Å². The van der Waals surface area contributed by atoms with Crippen molar-refractivity contribution in [2.45, 2.75) is 82.9 Å². The van der Waals surface area contributed by atoms with Gasteiger partial charge in [0.05, 0.1) is 5.25 Å². The highest BCUT2D eigenvalue weighted by molar-refractivity contribution is 7.90. The monoisotopic (exact) mass is 449 g/mol. The smallest absolute Gasteiger partial charge is 0.227 e. The maximum atomic E-state index is 12.6. The number of rotatable bonds is 7. The average Bonchev–Trinajstić information content (AvgIpc) is 2.76. The van der Waals surface area contributed by atoms with Gasteiger partial charge in [0.2, 0.25) is 21.8 Å². The van der Waals surface area contributed by atoms with Crippen LogP contribution in [0.5, 0.6) is 0 Å². The molecule has 0 heterocycles. The van der Waals surface area contributed by atoms with E-state index in [0.717, 1.165) is 31.4 Å². The summed E-state index contributed by atoms with van der Waals surface area (Å²) in [4.78, 5) is 25.0. The Morgan fingerprint density at radius 3 is 1.68 bits per heavy atom. The fraction of sp³-hybridized carbons (Fsp3) is 0.652. The van der Waals surface area contributed by atoms with E-state index in [4.69, 9.17) is 0 Å². The average molecular weight is 450 g/mol. The number of hydrogen-bond donors (Lipinski definition) is 3. The topological polar surface area (TPSA) is 104 Å². The van der Waals surface area contributed by atoms with Crippen molar-refractivity contribution in [3.05, 3.63) is 24.3 Å². The van der Waals surface area contributed by atoms with Crippen molar-refractivity contribution >= 4 is 33.2 Å². The Morgan fingerprint density at radius 2 is 1.23 bits per heavy atom. The number of carbonyl (C=O) groups excluding carboxylic acids is 2. The van der Waals surface area contributed by atoms with E-state index in [-0.39, 0.29) is 29.7 Å². The van der Waals surface area contributed by atoms with Gasteiger partial charge in [0.15, 0.2) is 0 Å². The number of sulfonamides is 1. The molecule has 1 aromatic rings. The van der Waals surface area contributed by atoms with Gasteiger partial charge in [-0.3, -0.25) is 9.59 Å². The largest absolute Gasteiger partial charge is 0.326 e. The van der Waals surface area contributed by atoms with Gasteiger partial charge in [-0.1, -0.05) is 19.3 Å². The lowest BCUT2D eigenvalue weighted by atomic mass is 9.86. The molecule has 0 aliphatic heterocycles. The minimum Gasteiger partial charge on any atom is -0.326 e. The molecule has 8 heteroatoms. The first-order valence-electron chi connectivity index (χ1n) is 11.5. The summed E-state index contributed by atoms with van der Waals surface area (Å²) in [7, 11) is -3.28. The fourth-order valence-electron chi connectivity index (χ4n) is 4.33. The molecule has 0 bridgehead atoms. The molecule has 7 nitrogen and oxygen atoms in total. The first-order valence-corrected chi connectivity index (χ1v) is 13.0. The normalized spacial score (nSPS) is 22.8. The second-order valence-electron chi connectivity index (χ2n) is 9.15. The predicted octanol–water partition coefficient (Wildman–Crippen LogP) is 4.03. The Labute approximate surface area is 185 Å². The Morgan fingerprint density at radius 1 is 0.774 bits per heavy atom. The van der Waals surface area contributed by atoms with Crippen LogP contribution < -0.4 is 15.4 Å². The van der Waals surface area contributed by atoms with Gasteiger partial charge in [-0.2, -0.15) is 0 Å². The molecule has 0 atom stereocenters. The third kappa shape index (κ3) is 6.77. The second-order valence-corrected chi connectivity index (χ2v) is 11.4. The summed E-state index contributed by atoms with van der Waals surface area (Å²) in [5.41, 5.74) is 1.44. The standard InChI is InChI=1S/C23H35N3O4S/c1-16(2)31(29,30)26-21-10-8-18(9-11-21)23(28)25-20-14-12-19(13-15-20)24-22(27)17-6-4-3-5-7-17/h12-18,21,26H,3-11H2,1-2H3,(H,24,27)(H,25,28). The van der Waals surface area contributed by atoms with Crippen molar-refractivity contribution in [1.29, 1.82) is 0 Å². The summed E-state index contributed by atoms with van der Waals surface area (Å²) in [6.45, 7) is 3.32. The van der Waals surface area contributed by atoms with Crippen LogP contribution in [0.15, 0.2) is 24.3 Å². The molecule has 2 saturated carbocycles. The zero-order valence-electron chi connectivity index (χ0n) is 18.5. The number of carbonyl (C=O) groups is 2. The molecule has 0 aromatic heterocycles. The van der Waals surface area contributed by atoms with Crippen molar-refractivity contribution in [2.75, 3.05) is 10.6 Å². The fourth-order valence-corrected chi connectivity index (χ4v) is 5.30. The van der Waals surface area contributed by atoms with Gasteiger partial charge >= 0.3 is 0 Å². The third-order valence-electron chi connectivity index (χ3n) is 6.45. The van der Waals surface area contributed by atoms with Gasteiger partial charge < -0.3 is 10.6 Å². The molecule has 0 saturated heterocycles. The third-order valence-corrected chi connectivity index (χ3v) is 8.35. The van der Waals surface area contributed by atoms with Gasteiger partial charge in [0.1, 0.15) is 0 Å². The number of hydrogen-bond acceptors (Lipinski definition) is 4. The van der Waals surface area contributed by atoms with E-state index in [0.29, 0.717) is 31.4 Å². The molecule has 2 amide bonds. The highest BCUT2D eigenvalue weighted by Gasteiger charge is 2.29. The van der Waals surface area contributed by atoms with E-state index < -0.39 is 15.3 Å². The van der Waals surface area contributed by atoms with Crippen LogP contribution in [0, 0.1) is 11.8 Å². The van der Waals surface area contributed by atoms with Gasteiger partial charge in [0, 0.05) is 29.3 Å². The van der Waals surface area contributed by atoms with Crippen LogP contribution >= 0.6 is 0 Å². The lowest BCUT2D eigenvalue weighted by Crippen LogP contribution is -2.42. The van der Waals surface area contributed by atoms with Crippen LogP contribution in [-0.4, -0.2) is 31.5 Å². The van der Waals surface area contributed by atoms with Crippen molar-refractivity contribution in [2.24, 2.45) is 11.8 Å². The first-order chi connectivity index (χ1) is 14.7. The highest BCUT2D eigenvalue weighted by Crippen LogP contribution is 2.27. The zero-order chi connectivity index (χ0) is 22.4. The van der Waals surface area contributed by atoms with Crippen molar-refractivity contribution in [1.82, 2.24) is 4.72 Å². The van der Waals surface area contributed by atoms with Crippen LogP contribution in [0.2, 0.25) is 0 Å². The molecule has 2 aliphatic carbocycles. The molecule has 2 fully saturated rings. The van der Waals surface area contributed by atoms with Gasteiger partial charge in [-0.15, -0.1) is 0 Å². The lowest BCUT2D eigenvalue weighted by molar-refractivity contribution is -0.121. The molecule has 3 N–H and O–H groups in total. The summed E-state index contributed by atoms with van der Waals surface area (Å²) in [5.74, 6) is 0.0317. The summed E-state index contributed by atoms with van der Waals surface area (Å²) in [6, 6.07) is 7.14. The lowest BCUT2D eigenvalue weighted by Gasteiger charge is -2.28. The molecular weight excluding hydrogens is 414 g/mol. The summed E-state index contributed by atoms with van der Waals surface area (Å²) < 4.78 is 26.8. The van der Waals surface area contributed by atoms with Crippen LogP contribution in [0.1, 0.15) is 71.6 Å². The Balaban J connectivity index is 1.45. The predicted molar refractivity (Wildman–Crippen MR) is 123 cm³/mol. The molecular formula is C23H35N3O4S. The zero-order valence-corrected chi connectivity index (χ0v) is 19.3. The van der Waals surface area contributed by atoms with E-state index in [9.17, 15) is 18.0 Å². The van der Waals surface area contributed by atoms with E-state index in [1.807, 2.05) is 12.1 Å². The minimum atomic E-state index is -3.28. The van der Waals surface area contributed by atoms with E-state index in [1.165, 1.54) is 6.42 Å². The van der Waals surface area contributed by atoms with E-state index in [2.05, 4.69) is 15.4 Å². The quantitative estimate of drug-likeness (QED) is 0.584. The van der Waals surface area contributed by atoms with E-state index >= 15 is 0 Å². The van der Waals surface area contributed by atoms with Gasteiger partial charge in [-0.25, -0.2) is 13.1 Å². The maximum Gasteiger partial charge on any atom is 0.227 e. The number of nitrogens with one attached hydrogen (secondary N) is 3. The van der Waals surface area contributed by atoms with Crippen LogP contribution in [0.25, 0.3) is 0 Å². The summed E-state index contributed by atoms with van der Waals surface area (Å²) in [5, 5.41) is 5.47. The van der Waals surface area contributed by atoms with Gasteiger partial charge in [-0.05, 0) is 76.6 Å². The second kappa shape index (κ2) is 10.6. The molecule has 31 heavy (non-hydrogen) atoms. The van der Waals surface area contributed by atoms with E-state index in [1.54, 1.807) is 26.0 Å². The molecule has 172 valence electrons. The highest BCUT2D eigenvalue weighted by atomic mass is 32.2. The maximum absolute atomic E-state index is 12.6. The number of amides is 2. The molecule has 2 aliphatic rings. The molecule has 1 aromatic carbocycles. The Kier molecular flexibility index (Phi) is 8.11. The van der Waals surface area contributed by atoms with Gasteiger partial charge in [0.25, 0.3) is 0 Å². The van der Waals surface area contributed by atoms with Crippen LogP contribution in [0.3, 0.4) is 0 Å². The SMILES string of the molecule is CC(C)S(=O)(=O)NC1CCC(C(=O)Nc2ccc(NC(=O)C3CCCCC3)cc2)CC1. The minimum absolute atomic E-state index is 0.0378. The molecule has 3 rings (SSSR count). The Bertz CT molecular complexity index is 853. The molecule has 0 unspecified atom stereocenters. The molecule has 0 radical (unpaired) electrons. The first kappa shape index (κ1) is 23.7. The summed E-state index contributed by atoms with van der Waals surface area (Å²) >= 11 is 0. The molecule has 0 spiro atoms. The number of anilines is 2. The van der Waals surface area contributed by atoms with Crippen LogP contribution in [0.4, 0.5) is 11.4 Å². The van der Waals surface area contributed by atoms with Crippen LogP contribution in [-0.2, 0) is 19.6 Å².